The fourth-order valence-electron chi connectivity index (χ4n) is 1.53. The summed E-state index contributed by atoms with van der Waals surface area (Å²) in [6.45, 7) is 0. The Labute approximate surface area is 96.0 Å². The summed E-state index contributed by atoms with van der Waals surface area (Å²) >= 11 is 0. The zero-order valence-corrected chi connectivity index (χ0v) is 8.82. The molecule has 0 radical (unpaired) electrons. The van der Waals surface area contributed by atoms with Gasteiger partial charge in [-0.2, -0.15) is 15.4 Å². The average molecular weight is 239 g/mol. The Morgan fingerprint density at radius 2 is 2.18 bits per heavy atom. The van der Waals surface area contributed by atoms with Crippen LogP contribution in [0.25, 0.3) is 0 Å². The molecular formula is C10H11F2N5. The molecule has 0 fully saturated rings. The summed E-state index contributed by atoms with van der Waals surface area (Å²) in [6, 6.07) is 3.42. The van der Waals surface area contributed by atoms with Crippen LogP contribution in [0.5, 0.6) is 0 Å². The van der Waals surface area contributed by atoms with E-state index in [1.165, 1.54) is 12.3 Å². The lowest BCUT2D eigenvalue weighted by atomic mass is 10.0. The van der Waals surface area contributed by atoms with Gasteiger partial charge in [0.25, 0.3) is 0 Å². The standard InChI is InChI=1S/C10H11F2N5/c11-7-2-1-6(3-8(7)12)4-9(15-13)10-5-14-17-16-10/h1-3,5,9,15H,4,13H2,(H,14,16,17). The van der Waals surface area contributed by atoms with E-state index in [1.807, 2.05) is 0 Å². The van der Waals surface area contributed by atoms with Gasteiger partial charge in [-0.25, -0.2) is 8.78 Å². The van der Waals surface area contributed by atoms with E-state index in [4.69, 9.17) is 5.84 Å². The molecule has 0 aliphatic heterocycles. The number of hydrazine groups is 1. The van der Waals surface area contributed by atoms with Crippen molar-refractivity contribution in [2.24, 2.45) is 5.84 Å². The molecule has 1 aromatic heterocycles. The highest BCUT2D eigenvalue weighted by atomic mass is 19.2. The van der Waals surface area contributed by atoms with Gasteiger partial charge >= 0.3 is 0 Å². The maximum atomic E-state index is 13.0. The Hall–Kier alpha value is -1.86. The quantitative estimate of drug-likeness (QED) is 0.545. The molecule has 0 aliphatic rings. The summed E-state index contributed by atoms with van der Waals surface area (Å²) in [5.41, 5.74) is 3.78. The van der Waals surface area contributed by atoms with Crippen molar-refractivity contribution in [1.29, 1.82) is 0 Å². The van der Waals surface area contributed by atoms with Crippen LogP contribution in [0.4, 0.5) is 8.78 Å². The van der Waals surface area contributed by atoms with Crippen LogP contribution >= 0.6 is 0 Å². The number of aromatic nitrogens is 3. The molecule has 0 aliphatic carbocycles. The van der Waals surface area contributed by atoms with Gasteiger partial charge in [0.2, 0.25) is 0 Å². The van der Waals surface area contributed by atoms with E-state index in [-0.39, 0.29) is 6.04 Å². The molecule has 1 aromatic carbocycles. The normalized spacial score (nSPS) is 12.6. The Bertz CT molecular complexity index is 485. The molecule has 0 spiro atoms. The highest BCUT2D eigenvalue weighted by Gasteiger charge is 2.14. The lowest BCUT2D eigenvalue weighted by molar-refractivity contribution is 0.501. The van der Waals surface area contributed by atoms with Crippen LogP contribution in [0.2, 0.25) is 0 Å². The number of benzene rings is 1. The topological polar surface area (TPSA) is 79.6 Å². The van der Waals surface area contributed by atoms with Crippen LogP contribution in [0.1, 0.15) is 17.3 Å². The lowest BCUT2D eigenvalue weighted by Crippen LogP contribution is -2.29. The smallest absolute Gasteiger partial charge is 0.159 e. The molecule has 0 saturated heterocycles. The molecule has 2 aromatic rings. The molecule has 5 nitrogen and oxygen atoms in total. The van der Waals surface area contributed by atoms with Gasteiger partial charge in [0.1, 0.15) is 5.69 Å². The van der Waals surface area contributed by atoms with E-state index in [9.17, 15) is 8.78 Å². The van der Waals surface area contributed by atoms with Crippen molar-refractivity contribution in [3.8, 4) is 0 Å². The molecule has 1 unspecified atom stereocenters. The van der Waals surface area contributed by atoms with Crippen LogP contribution in [0, 0.1) is 11.6 Å². The number of rotatable bonds is 4. The van der Waals surface area contributed by atoms with Crippen LogP contribution in [0.3, 0.4) is 0 Å². The third kappa shape index (κ3) is 2.63. The van der Waals surface area contributed by atoms with Crippen LogP contribution in [0.15, 0.2) is 24.4 Å². The first-order chi connectivity index (χ1) is 8.20. The zero-order chi connectivity index (χ0) is 12.3. The summed E-state index contributed by atoms with van der Waals surface area (Å²) in [5, 5.41) is 10.00. The number of hydrogen-bond acceptors (Lipinski definition) is 4. The summed E-state index contributed by atoms with van der Waals surface area (Å²) in [5.74, 6) is 3.64. The average Bonchev–Trinajstić information content (AvgIpc) is 2.84. The van der Waals surface area contributed by atoms with E-state index in [1.54, 1.807) is 0 Å². The van der Waals surface area contributed by atoms with Gasteiger partial charge in [0, 0.05) is 0 Å². The number of aromatic amines is 1. The second kappa shape index (κ2) is 4.98. The Morgan fingerprint density at radius 3 is 2.76 bits per heavy atom. The van der Waals surface area contributed by atoms with Gasteiger partial charge in [-0.15, -0.1) is 0 Å². The number of hydrogen-bond donors (Lipinski definition) is 3. The highest BCUT2D eigenvalue weighted by molar-refractivity contribution is 5.20. The SMILES string of the molecule is NNC(Cc1ccc(F)c(F)c1)c1cn[nH]n1. The number of nitrogens with one attached hydrogen (secondary N) is 2. The maximum Gasteiger partial charge on any atom is 0.159 e. The first-order valence-electron chi connectivity index (χ1n) is 4.96. The molecule has 2 rings (SSSR count). The third-order valence-corrected chi connectivity index (χ3v) is 2.42. The summed E-state index contributed by atoms with van der Waals surface area (Å²) < 4.78 is 25.8. The predicted octanol–water partition coefficient (Wildman–Crippen LogP) is 0.830. The second-order valence-electron chi connectivity index (χ2n) is 3.57. The van der Waals surface area contributed by atoms with Crippen molar-refractivity contribution in [3.63, 3.8) is 0 Å². The van der Waals surface area contributed by atoms with Gasteiger partial charge in [0.15, 0.2) is 11.6 Å². The van der Waals surface area contributed by atoms with E-state index < -0.39 is 11.6 Å². The fourth-order valence-corrected chi connectivity index (χ4v) is 1.53. The van der Waals surface area contributed by atoms with Gasteiger partial charge in [-0.1, -0.05) is 6.07 Å². The van der Waals surface area contributed by atoms with Gasteiger partial charge in [-0.3, -0.25) is 11.3 Å². The second-order valence-corrected chi connectivity index (χ2v) is 3.57. The molecule has 4 N–H and O–H groups in total. The molecule has 0 bridgehead atoms. The van der Waals surface area contributed by atoms with E-state index in [0.717, 1.165) is 12.1 Å². The predicted molar refractivity (Wildman–Crippen MR) is 56.5 cm³/mol. The van der Waals surface area contributed by atoms with Crippen molar-refractivity contribution in [2.45, 2.75) is 12.5 Å². The van der Waals surface area contributed by atoms with Gasteiger partial charge in [-0.05, 0) is 24.1 Å². The van der Waals surface area contributed by atoms with E-state index >= 15 is 0 Å². The van der Waals surface area contributed by atoms with Crippen molar-refractivity contribution in [2.75, 3.05) is 0 Å². The molecule has 7 heteroatoms. The molecule has 90 valence electrons. The minimum atomic E-state index is -0.876. The Balaban J connectivity index is 2.16. The highest BCUT2D eigenvalue weighted by Crippen LogP contribution is 2.16. The molecule has 17 heavy (non-hydrogen) atoms. The summed E-state index contributed by atoms with van der Waals surface area (Å²) in [6.07, 6.45) is 1.91. The van der Waals surface area contributed by atoms with Gasteiger partial charge in [0.05, 0.1) is 12.2 Å². The van der Waals surface area contributed by atoms with Crippen molar-refractivity contribution < 1.29 is 8.78 Å². The monoisotopic (exact) mass is 239 g/mol. The van der Waals surface area contributed by atoms with Gasteiger partial charge < -0.3 is 0 Å². The Morgan fingerprint density at radius 1 is 1.35 bits per heavy atom. The fraction of sp³-hybridized carbons (Fsp3) is 0.200. The van der Waals surface area contributed by atoms with Crippen LogP contribution in [-0.4, -0.2) is 15.4 Å². The van der Waals surface area contributed by atoms with Crippen LogP contribution < -0.4 is 11.3 Å². The molecule has 1 heterocycles. The number of nitrogens with two attached hydrogens (primary N) is 1. The molecular weight excluding hydrogens is 228 g/mol. The number of nitrogens with zero attached hydrogens (tertiary/aromatic N) is 2. The Kier molecular flexibility index (Phi) is 3.40. The van der Waals surface area contributed by atoms with E-state index in [2.05, 4.69) is 20.8 Å². The van der Waals surface area contributed by atoms with Crippen molar-refractivity contribution in [3.05, 3.63) is 47.3 Å². The minimum Gasteiger partial charge on any atom is -0.271 e. The molecule has 1 atom stereocenters. The first kappa shape index (κ1) is 11.6. The zero-order valence-electron chi connectivity index (χ0n) is 8.82. The summed E-state index contributed by atoms with van der Waals surface area (Å²) in [4.78, 5) is 0. The largest absolute Gasteiger partial charge is 0.271 e. The molecule has 0 saturated carbocycles. The molecule has 0 amide bonds. The first-order valence-corrected chi connectivity index (χ1v) is 4.96. The lowest BCUT2D eigenvalue weighted by Gasteiger charge is -2.12. The maximum absolute atomic E-state index is 13.0. The van der Waals surface area contributed by atoms with Crippen LogP contribution in [-0.2, 0) is 6.42 Å². The third-order valence-electron chi connectivity index (χ3n) is 2.42. The number of halogens is 2. The number of H-pyrrole nitrogens is 1. The minimum absolute atomic E-state index is 0.307. The summed E-state index contributed by atoms with van der Waals surface area (Å²) in [7, 11) is 0. The van der Waals surface area contributed by atoms with Crippen molar-refractivity contribution in [1.82, 2.24) is 20.8 Å². The van der Waals surface area contributed by atoms with Crippen molar-refractivity contribution >= 4 is 0 Å². The van der Waals surface area contributed by atoms with E-state index in [0.29, 0.717) is 17.7 Å².